The zero-order valence-electron chi connectivity index (χ0n) is 9.99. The predicted octanol–water partition coefficient (Wildman–Crippen LogP) is 2.56. The number of nitrogens with two attached hydrogens (primary N) is 1. The van der Waals surface area contributed by atoms with Crippen LogP contribution < -0.4 is 11.3 Å². The first-order valence-corrected chi connectivity index (χ1v) is 6.99. The highest BCUT2D eigenvalue weighted by molar-refractivity contribution is 7.99. The Labute approximate surface area is 102 Å². The van der Waals surface area contributed by atoms with E-state index in [0.29, 0.717) is 12.0 Å². The zero-order chi connectivity index (χ0) is 11.5. The molecule has 1 saturated heterocycles. The van der Waals surface area contributed by atoms with Crippen molar-refractivity contribution in [3.05, 3.63) is 34.9 Å². The topological polar surface area (TPSA) is 38.0 Å². The summed E-state index contributed by atoms with van der Waals surface area (Å²) < 4.78 is 0. The normalized spacial score (nSPS) is 22.3. The molecule has 1 aromatic rings. The molecule has 1 aliphatic heterocycles. The molecule has 0 radical (unpaired) electrons. The third-order valence-corrected chi connectivity index (χ3v) is 4.57. The van der Waals surface area contributed by atoms with E-state index < -0.39 is 0 Å². The van der Waals surface area contributed by atoms with E-state index in [-0.39, 0.29) is 0 Å². The Balaban J connectivity index is 2.28. The van der Waals surface area contributed by atoms with Crippen molar-refractivity contribution in [2.75, 3.05) is 11.5 Å². The lowest BCUT2D eigenvalue weighted by Crippen LogP contribution is -2.34. The minimum Gasteiger partial charge on any atom is -0.271 e. The van der Waals surface area contributed by atoms with Gasteiger partial charge in [-0.05, 0) is 48.8 Å². The quantitative estimate of drug-likeness (QED) is 0.626. The summed E-state index contributed by atoms with van der Waals surface area (Å²) in [6, 6.07) is 6.94. The lowest BCUT2D eigenvalue weighted by atomic mass is 9.89. The molecule has 0 spiro atoms. The smallest absolute Gasteiger partial charge is 0.0499 e. The van der Waals surface area contributed by atoms with Crippen molar-refractivity contribution in [1.82, 2.24) is 5.43 Å². The first-order chi connectivity index (χ1) is 7.72. The van der Waals surface area contributed by atoms with Gasteiger partial charge in [0.25, 0.3) is 0 Å². The first-order valence-electron chi connectivity index (χ1n) is 5.83. The number of hydrazine groups is 1. The summed E-state index contributed by atoms with van der Waals surface area (Å²) in [5.41, 5.74) is 7.04. The number of aryl methyl sites for hydroxylation is 2. The Morgan fingerprint density at radius 3 is 2.88 bits per heavy atom. The van der Waals surface area contributed by atoms with Crippen LogP contribution >= 0.6 is 11.8 Å². The summed E-state index contributed by atoms with van der Waals surface area (Å²) >= 11 is 2.04. The summed E-state index contributed by atoms with van der Waals surface area (Å²) in [7, 11) is 0. The van der Waals surface area contributed by atoms with Crippen LogP contribution in [-0.4, -0.2) is 11.5 Å². The van der Waals surface area contributed by atoms with Gasteiger partial charge in [0.05, 0.1) is 0 Å². The van der Waals surface area contributed by atoms with Crippen LogP contribution in [0.1, 0.15) is 29.2 Å². The maximum Gasteiger partial charge on any atom is 0.0499 e. The summed E-state index contributed by atoms with van der Waals surface area (Å²) in [5, 5.41) is 0. The average molecular weight is 236 g/mol. The molecule has 1 heterocycles. The zero-order valence-corrected chi connectivity index (χ0v) is 10.8. The van der Waals surface area contributed by atoms with E-state index in [4.69, 9.17) is 5.84 Å². The van der Waals surface area contributed by atoms with Crippen LogP contribution in [0.2, 0.25) is 0 Å². The first kappa shape index (κ1) is 12.0. The molecule has 88 valence electrons. The van der Waals surface area contributed by atoms with E-state index in [2.05, 4.69) is 37.5 Å². The van der Waals surface area contributed by atoms with Crippen molar-refractivity contribution in [3.8, 4) is 0 Å². The number of benzene rings is 1. The molecule has 0 bridgehead atoms. The van der Waals surface area contributed by atoms with E-state index in [1.807, 2.05) is 11.8 Å². The molecule has 1 aromatic carbocycles. The van der Waals surface area contributed by atoms with E-state index in [0.717, 1.165) is 0 Å². The van der Waals surface area contributed by atoms with Gasteiger partial charge in [-0.3, -0.25) is 11.3 Å². The van der Waals surface area contributed by atoms with Gasteiger partial charge in [0.1, 0.15) is 0 Å². The highest BCUT2D eigenvalue weighted by Gasteiger charge is 2.26. The van der Waals surface area contributed by atoms with Gasteiger partial charge >= 0.3 is 0 Å². The molecule has 2 nitrogen and oxygen atoms in total. The molecule has 3 heteroatoms. The molecule has 0 aromatic heterocycles. The van der Waals surface area contributed by atoms with Gasteiger partial charge in [-0.2, -0.15) is 11.8 Å². The third kappa shape index (κ3) is 2.42. The highest BCUT2D eigenvalue weighted by atomic mass is 32.2. The number of nitrogens with one attached hydrogen (secondary N) is 1. The Morgan fingerprint density at radius 1 is 1.44 bits per heavy atom. The van der Waals surface area contributed by atoms with Gasteiger partial charge in [-0.1, -0.05) is 23.8 Å². The molecule has 2 rings (SSSR count). The largest absolute Gasteiger partial charge is 0.271 e. The van der Waals surface area contributed by atoms with E-state index in [1.54, 1.807) is 0 Å². The van der Waals surface area contributed by atoms with Crippen LogP contribution in [0.4, 0.5) is 0 Å². The summed E-state index contributed by atoms with van der Waals surface area (Å²) in [6.07, 6.45) is 1.27. The molecule has 2 unspecified atom stereocenters. The van der Waals surface area contributed by atoms with Crippen molar-refractivity contribution in [2.24, 2.45) is 11.8 Å². The fraction of sp³-hybridized carbons (Fsp3) is 0.538. The number of hydrogen-bond acceptors (Lipinski definition) is 3. The summed E-state index contributed by atoms with van der Waals surface area (Å²) in [4.78, 5) is 0. The van der Waals surface area contributed by atoms with E-state index in [1.165, 1.54) is 34.6 Å². The van der Waals surface area contributed by atoms with Gasteiger partial charge in [-0.15, -0.1) is 0 Å². The van der Waals surface area contributed by atoms with E-state index in [9.17, 15) is 0 Å². The molecular formula is C13H20N2S. The van der Waals surface area contributed by atoms with Gasteiger partial charge in [0.2, 0.25) is 0 Å². The van der Waals surface area contributed by atoms with Gasteiger partial charge in [0.15, 0.2) is 0 Å². The van der Waals surface area contributed by atoms with Crippen molar-refractivity contribution in [2.45, 2.75) is 26.3 Å². The molecule has 0 amide bonds. The number of thioether (sulfide) groups is 1. The Hall–Kier alpha value is -0.510. The second-order valence-electron chi connectivity index (χ2n) is 4.63. The Bertz CT molecular complexity index is 359. The monoisotopic (exact) mass is 236 g/mol. The minimum absolute atomic E-state index is 0.315. The number of hydrogen-bond donors (Lipinski definition) is 2. The molecule has 1 aliphatic rings. The predicted molar refractivity (Wildman–Crippen MR) is 71.4 cm³/mol. The van der Waals surface area contributed by atoms with Crippen LogP contribution in [0.15, 0.2) is 18.2 Å². The van der Waals surface area contributed by atoms with Crippen LogP contribution in [0, 0.1) is 19.8 Å². The third-order valence-electron chi connectivity index (χ3n) is 3.39. The Morgan fingerprint density at radius 2 is 2.25 bits per heavy atom. The molecule has 16 heavy (non-hydrogen) atoms. The lowest BCUT2D eigenvalue weighted by Gasteiger charge is -2.24. The lowest BCUT2D eigenvalue weighted by molar-refractivity contribution is 0.399. The van der Waals surface area contributed by atoms with Gasteiger partial charge in [-0.25, -0.2) is 0 Å². The second kappa shape index (κ2) is 5.21. The maximum atomic E-state index is 5.74. The summed E-state index contributed by atoms with van der Waals surface area (Å²) in [6.45, 7) is 4.31. The maximum absolute atomic E-state index is 5.74. The van der Waals surface area contributed by atoms with Crippen molar-refractivity contribution < 1.29 is 0 Å². The van der Waals surface area contributed by atoms with Gasteiger partial charge < -0.3 is 0 Å². The van der Waals surface area contributed by atoms with E-state index >= 15 is 0 Å². The van der Waals surface area contributed by atoms with Crippen LogP contribution in [0.5, 0.6) is 0 Å². The summed E-state index contributed by atoms with van der Waals surface area (Å²) in [5.74, 6) is 8.92. The van der Waals surface area contributed by atoms with Crippen molar-refractivity contribution in [3.63, 3.8) is 0 Å². The van der Waals surface area contributed by atoms with Crippen molar-refractivity contribution >= 4 is 11.8 Å². The van der Waals surface area contributed by atoms with Crippen molar-refractivity contribution in [1.29, 1.82) is 0 Å². The molecular weight excluding hydrogens is 216 g/mol. The fourth-order valence-corrected chi connectivity index (χ4v) is 3.69. The van der Waals surface area contributed by atoms with Crippen LogP contribution in [-0.2, 0) is 0 Å². The second-order valence-corrected chi connectivity index (χ2v) is 5.78. The number of rotatable bonds is 3. The van der Waals surface area contributed by atoms with Gasteiger partial charge in [0, 0.05) is 6.04 Å². The standard InChI is InChI=1S/C13H20N2S/c1-9-3-4-10(2)12(7-9)13(15-14)11-5-6-16-8-11/h3-4,7,11,13,15H,5-6,8,14H2,1-2H3. The molecule has 2 atom stereocenters. The molecule has 0 saturated carbocycles. The fourth-order valence-electron chi connectivity index (χ4n) is 2.39. The molecule has 0 aliphatic carbocycles. The minimum atomic E-state index is 0.315. The highest BCUT2D eigenvalue weighted by Crippen LogP contribution is 2.35. The average Bonchev–Trinajstić information content (AvgIpc) is 2.78. The Kier molecular flexibility index (Phi) is 3.90. The molecule has 1 fully saturated rings. The SMILES string of the molecule is Cc1ccc(C)c(C(NN)C2CCSC2)c1. The van der Waals surface area contributed by atoms with Crippen LogP contribution in [0.3, 0.4) is 0 Å². The molecule has 3 N–H and O–H groups in total. The van der Waals surface area contributed by atoms with Crippen LogP contribution in [0.25, 0.3) is 0 Å².